The average molecular weight is 336 g/mol. The van der Waals surface area contributed by atoms with E-state index in [-0.39, 0.29) is 12.3 Å². The van der Waals surface area contributed by atoms with Gasteiger partial charge in [0.25, 0.3) is 5.91 Å². The lowest BCUT2D eigenvalue weighted by atomic mass is 10.0. The molecular weight excluding hydrogens is 312 g/mol. The topological polar surface area (TPSA) is 93.7 Å². The maximum absolute atomic E-state index is 11.9. The van der Waals surface area contributed by atoms with Crippen LogP contribution in [0.25, 0.3) is 0 Å². The first-order valence-electron chi connectivity index (χ1n) is 7.54. The number of methoxy groups -OCH3 is 1. The van der Waals surface area contributed by atoms with Gasteiger partial charge in [-0.2, -0.15) is 0 Å². The maximum Gasteiger partial charge on any atom is 0.408 e. The quantitative estimate of drug-likeness (QED) is 0.798. The lowest BCUT2D eigenvalue weighted by Gasteiger charge is -2.22. The number of nitrogens with one attached hydrogen (secondary N) is 2. The normalized spacial score (nSPS) is 12.0. The molecule has 7 nitrogen and oxygen atoms in total. The number of carbonyl (C=O) groups excluding carboxylic acids is 3. The minimum atomic E-state index is -0.879. The number of benzene rings is 1. The van der Waals surface area contributed by atoms with Crippen LogP contribution in [-0.4, -0.2) is 43.8 Å². The zero-order chi connectivity index (χ0) is 18.3. The Morgan fingerprint density at radius 3 is 2.17 bits per heavy atom. The third-order valence-corrected chi connectivity index (χ3v) is 3.06. The summed E-state index contributed by atoms with van der Waals surface area (Å²) in [5.74, 6) is -0.769. The molecule has 24 heavy (non-hydrogen) atoms. The van der Waals surface area contributed by atoms with Crippen molar-refractivity contribution in [3.8, 4) is 0 Å². The molecule has 2 N–H and O–H groups in total. The fraction of sp³-hybridized carbons (Fsp3) is 0.471. The van der Waals surface area contributed by atoms with Crippen LogP contribution >= 0.6 is 0 Å². The number of rotatable bonds is 5. The van der Waals surface area contributed by atoms with Crippen LogP contribution in [0, 0.1) is 0 Å². The monoisotopic (exact) mass is 336 g/mol. The van der Waals surface area contributed by atoms with Gasteiger partial charge in [0.2, 0.25) is 0 Å². The molecule has 0 aromatic heterocycles. The van der Waals surface area contributed by atoms with E-state index in [1.54, 1.807) is 52.1 Å². The minimum Gasteiger partial charge on any atom is -0.467 e. The molecule has 0 aliphatic heterocycles. The Bertz CT molecular complexity index is 590. The number of carbonyl (C=O) groups is 3. The SMILES string of the molecule is CNC(=O)c1ccc(CC(NC(=O)OC(C)(C)C)C(=O)OC)cc1. The molecule has 1 unspecified atom stereocenters. The Balaban J connectivity index is 2.81. The summed E-state index contributed by atoms with van der Waals surface area (Å²) in [6.07, 6.45) is -0.472. The third-order valence-electron chi connectivity index (χ3n) is 3.06. The highest BCUT2D eigenvalue weighted by Gasteiger charge is 2.25. The molecule has 1 rings (SSSR count). The van der Waals surface area contributed by atoms with E-state index in [9.17, 15) is 14.4 Å². The molecule has 0 aliphatic carbocycles. The molecule has 0 saturated carbocycles. The number of hydrogen-bond acceptors (Lipinski definition) is 5. The fourth-order valence-corrected chi connectivity index (χ4v) is 1.96. The molecule has 0 radical (unpaired) electrons. The van der Waals surface area contributed by atoms with E-state index in [4.69, 9.17) is 9.47 Å². The second-order valence-corrected chi connectivity index (χ2v) is 6.20. The summed E-state index contributed by atoms with van der Waals surface area (Å²) in [5, 5.41) is 5.04. The van der Waals surface area contributed by atoms with E-state index >= 15 is 0 Å². The number of hydrogen-bond donors (Lipinski definition) is 2. The van der Waals surface area contributed by atoms with Gasteiger partial charge >= 0.3 is 12.1 Å². The summed E-state index contributed by atoms with van der Waals surface area (Å²) in [6.45, 7) is 5.20. The van der Waals surface area contributed by atoms with Crippen molar-refractivity contribution >= 4 is 18.0 Å². The number of amides is 2. The highest BCUT2D eigenvalue weighted by atomic mass is 16.6. The van der Waals surface area contributed by atoms with Gasteiger partial charge in [0.15, 0.2) is 0 Å². The van der Waals surface area contributed by atoms with Crippen molar-refractivity contribution in [1.82, 2.24) is 10.6 Å². The summed E-state index contributed by atoms with van der Waals surface area (Å²) in [4.78, 5) is 35.3. The van der Waals surface area contributed by atoms with Gasteiger partial charge in [-0.15, -0.1) is 0 Å². The van der Waals surface area contributed by atoms with Crippen LogP contribution in [-0.2, 0) is 20.7 Å². The molecule has 0 saturated heterocycles. The van der Waals surface area contributed by atoms with E-state index < -0.39 is 23.7 Å². The van der Waals surface area contributed by atoms with Gasteiger partial charge in [0.1, 0.15) is 11.6 Å². The average Bonchev–Trinajstić information content (AvgIpc) is 2.51. The standard InChI is InChI=1S/C17H24N2O5/c1-17(2,3)24-16(22)19-13(15(21)23-5)10-11-6-8-12(9-7-11)14(20)18-4/h6-9,13H,10H2,1-5H3,(H,18,20)(H,19,22). The van der Waals surface area contributed by atoms with Crippen LogP contribution in [0.1, 0.15) is 36.7 Å². The van der Waals surface area contributed by atoms with Crippen LogP contribution in [0.5, 0.6) is 0 Å². The zero-order valence-corrected chi connectivity index (χ0v) is 14.6. The molecule has 2 amide bonds. The van der Waals surface area contributed by atoms with Gasteiger partial charge in [-0.05, 0) is 38.5 Å². The maximum atomic E-state index is 11.9. The summed E-state index contributed by atoms with van der Waals surface area (Å²) in [7, 11) is 2.80. The molecule has 1 aromatic carbocycles. The van der Waals surface area contributed by atoms with Crippen LogP contribution in [0.15, 0.2) is 24.3 Å². The van der Waals surface area contributed by atoms with Crippen molar-refractivity contribution in [3.05, 3.63) is 35.4 Å². The fourth-order valence-electron chi connectivity index (χ4n) is 1.96. The summed E-state index contributed by atoms with van der Waals surface area (Å²) in [5.41, 5.74) is 0.616. The van der Waals surface area contributed by atoms with E-state index in [0.717, 1.165) is 5.56 Å². The van der Waals surface area contributed by atoms with Crippen molar-refractivity contribution in [3.63, 3.8) is 0 Å². The predicted molar refractivity (Wildman–Crippen MR) is 88.7 cm³/mol. The predicted octanol–water partition coefficient (Wildman–Crippen LogP) is 1.65. The van der Waals surface area contributed by atoms with Crippen molar-refractivity contribution in [2.75, 3.05) is 14.2 Å². The van der Waals surface area contributed by atoms with Crippen molar-refractivity contribution in [1.29, 1.82) is 0 Å². The molecule has 0 heterocycles. The molecule has 132 valence electrons. The van der Waals surface area contributed by atoms with E-state index in [2.05, 4.69) is 10.6 Å². The minimum absolute atomic E-state index is 0.196. The Morgan fingerprint density at radius 1 is 1.12 bits per heavy atom. The number of ether oxygens (including phenoxy) is 2. The lowest BCUT2D eigenvalue weighted by molar-refractivity contribution is -0.143. The first-order valence-corrected chi connectivity index (χ1v) is 7.54. The Hall–Kier alpha value is -2.57. The molecule has 1 aromatic rings. The molecule has 0 fully saturated rings. The van der Waals surface area contributed by atoms with E-state index in [0.29, 0.717) is 5.56 Å². The van der Waals surface area contributed by atoms with Gasteiger partial charge in [0.05, 0.1) is 7.11 Å². The largest absolute Gasteiger partial charge is 0.467 e. The van der Waals surface area contributed by atoms with E-state index in [1.807, 2.05) is 0 Å². The molecule has 0 spiro atoms. The van der Waals surface area contributed by atoms with E-state index in [1.165, 1.54) is 7.11 Å². The van der Waals surface area contributed by atoms with Crippen molar-refractivity contribution < 1.29 is 23.9 Å². The van der Waals surface area contributed by atoms with Gasteiger partial charge in [0, 0.05) is 19.0 Å². The Morgan fingerprint density at radius 2 is 1.71 bits per heavy atom. The van der Waals surface area contributed by atoms with Crippen LogP contribution < -0.4 is 10.6 Å². The number of alkyl carbamates (subject to hydrolysis) is 1. The van der Waals surface area contributed by atoms with Gasteiger partial charge in [-0.1, -0.05) is 12.1 Å². The van der Waals surface area contributed by atoms with Crippen LogP contribution in [0.3, 0.4) is 0 Å². The highest BCUT2D eigenvalue weighted by molar-refractivity contribution is 5.94. The molecular formula is C17H24N2O5. The second kappa shape index (κ2) is 8.33. The van der Waals surface area contributed by atoms with Crippen molar-refractivity contribution in [2.24, 2.45) is 0 Å². The van der Waals surface area contributed by atoms with Gasteiger partial charge < -0.3 is 20.1 Å². The lowest BCUT2D eigenvalue weighted by Crippen LogP contribution is -2.45. The summed E-state index contributed by atoms with van der Waals surface area (Å²) < 4.78 is 9.88. The van der Waals surface area contributed by atoms with Gasteiger partial charge in [-0.3, -0.25) is 4.79 Å². The van der Waals surface area contributed by atoms with Crippen LogP contribution in [0.4, 0.5) is 4.79 Å². The van der Waals surface area contributed by atoms with Gasteiger partial charge in [-0.25, -0.2) is 9.59 Å². The summed E-state index contributed by atoms with van der Waals surface area (Å²) in [6, 6.07) is 5.86. The molecule has 0 aliphatic rings. The molecule has 7 heteroatoms. The second-order valence-electron chi connectivity index (χ2n) is 6.20. The smallest absolute Gasteiger partial charge is 0.408 e. The van der Waals surface area contributed by atoms with Crippen molar-refractivity contribution in [2.45, 2.75) is 38.8 Å². The Labute approximate surface area is 141 Å². The highest BCUT2D eigenvalue weighted by Crippen LogP contribution is 2.10. The van der Waals surface area contributed by atoms with Crippen LogP contribution in [0.2, 0.25) is 0 Å². The Kier molecular flexibility index (Phi) is 6.76. The summed E-state index contributed by atoms with van der Waals surface area (Å²) >= 11 is 0. The molecule has 1 atom stereocenters. The first kappa shape index (κ1) is 19.5. The third kappa shape index (κ3) is 6.28. The first-order chi connectivity index (χ1) is 11.2. The molecule has 0 bridgehead atoms. The number of esters is 1. The zero-order valence-electron chi connectivity index (χ0n) is 14.6.